The highest BCUT2D eigenvalue weighted by Gasteiger charge is 2.51. The number of ether oxygens (including phenoxy) is 1. The highest BCUT2D eigenvalue weighted by atomic mass is 35.5. The fourth-order valence-electron chi connectivity index (χ4n) is 4.34. The lowest BCUT2D eigenvalue weighted by atomic mass is 9.87. The third-order valence-electron chi connectivity index (χ3n) is 5.73. The van der Waals surface area contributed by atoms with Crippen LogP contribution in [0.25, 0.3) is 0 Å². The molecule has 0 spiro atoms. The van der Waals surface area contributed by atoms with Crippen LogP contribution in [0.5, 0.6) is 0 Å². The Balaban J connectivity index is 2.09. The predicted octanol–water partition coefficient (Wildman–Crippen LogP) is 2.39. The molecular formula is C19H26Cl2N2O5S. The molecule has 0 unspecified atom stereocenters. The van der Waals surface area contributed by atoms with Crippen molar-refractivity contribution in [2.75, 3.05) is 26.8 Å². The Hall–Kier alpha value is -0.900. The van der Waals surface area contributed by atoms with E-state index in [1.54, 1.807) is 18.9 Å². The van der Waals surface area contributed by atoms with Gasteiger partial charge in [-0.05, 0) is 44.4 Å². The Morgan fingerprint density at radius 2 is 1.90 bits per heavy atom. The van der Waals surface area contributed by atoms with Gasteiger partial charge in [-0.2, -0.15) is 4.31 Å². The molecule has 2 heterocycles. The minimum Gasteiger partial charge on any atom is -0.393 e. The molecule has 4 atom stereocenters. The summed E-state index contributed by atoms with van der Waals surface area (Å²) in [7, 11) is -2.51. The smallest absolute Gasteiger partial charge is 0.244 e. The van der Waals surface area contributed by atoms with Gasteiger partial charge in [0.15, 0.2) is 0 Å². The summed E-state index contributed by atoms with van der Waals surface area (Å²) >= 11 is 12.1. The van der Waals surface area contributed by atoms with Crippen molar-refractivity contribution in [3.05, 3.63) is 28.2 Å². The lowest BCUT2D eigenvalue weighted by Gasteiger charge is -2.41. The summed E-state index contributed by atoms with van der Waals surface area (Å²) in [5, 5.41) is 10.9. The Morgan fingerprint density at radius 1 is 1.24 bits per heavy atom. The van der Waals surface area contributed by atoms with Crippen molar-refractivity contribution in [1.29, 1.82) is 0 Å². The minimum atomic E-state index is -4.06. The van der Waals surface area contributed by atoms with E-state index < -0.39 is 34.1 Å². The molecule has 2 aliphatic rings. The summed E-state index contributed by atoms with van der Waals surface area (Å²) in [5.74, 6) is -0.669. The molecule has 1 N–H and O–H groups in total. The van der Waals surface area contributed by atoms with Crippen molar-refractivity contribution < 1.29 is 23.1 Å². The Bertz CT molecular complexity index is 844. The van der Waals surface area contributed by atoms with Crippen LogP contribution in [0.1, 0.15) is 26.2 Å². The molecule has 0 saturated carbocycles. The van der Waals surface area contributed by atoms with Crippen molar-refractivity contribution >= 4 is 39.1 Å². The molecule has 29 heavy (non-hydrogen) atoms. The molecule has 2 bridgehead atoms. The number of rotatable bonds is 6. The number of nitrogens with zero attached hydrogens (tertiary/aromatic N) is 2. The zero-order valence-electron chi connectivity index (χ0n) is 16.4. The van der Waals surface area contributed by atoms with Gasteiger partial charge in [0.05, 0.1) is 17.6 Å². The highest BCUT2D eigenvalue weighted by Crippen LogP contribution is 2.39. The average molecular weight is 465 g/mol. The molecule has 0 radical (unpaired) electrons. The van der Waals surface area contributed by atoms with Crippen LogP contribution < -0.4 is 0 Å². The fraction of sp³-hybridized carbons (Fsp3) is 0.632. The van der Waals surface area contributed by atoms with Gasteiger partial charge in [0.1, 0.15) is 6.04 Å². The van der Waals surface area contributed by atoms with Crippen LogP contribution >= 0.6 is 23.2 Å². The first-order chi connectivity index (χ1) is 13.7. The van der Waals surface area contributed by atoms with E-state index in [1.807, 2.05) is 0 Å². The number of hydrogen-bond acceptors (Lipinski definition) is 5. The van der Waals surface area contributed by atoms with E-state index in [9.17, 15) is 18.3 Å². The maximum Gasteiger partial charge on any atom is 0.244 e. The number of piperidine rings is 1. The van der Waals surface area contributed by atoms with Gasteiger partial charge < -0.3 is 14.7 Å². The standard InChI is InChI=1S/C19H26Cl2N2O5S/c1-12(24)16-11-22(6-7-28-2)19(25)18-5-3-4-17(16)23(18)29(26,27)15-9-13(20)8-14(21)10-15/h8-10,12,16-18,24H,3-7,11H2,1-2H3/t12-,16-,17-,18+/m1/s1. The molecule has 162 valence electrons. The maximum atomic E-state index is 13.6. The summed E-state index contributed by atoms with van der Waals surface area (Å²) in [4.78, 5) is 14.9. The summed E-state index contributed by atoms with van der Waals surface area (Å²) in [5.41, 5.74) is 0. The second kappa shape index (κ2) is 9.08. The molecule has 2 aliphatic heterocycles. The first kappa shape index (κ1) is 22.8. The van der Waals surface area contributed by atoms with Crippen molar-refractivity contribution in [2.24, 2.45) is 5.92 Å². The van der Waals surface area contributed by atoms with E-state index in [0.29, 0.717) is 32.4 Å². The second-order valence-electron chi connectivity index (χ2n) is 7.64. The van der Waals surface area contributed by atoms with Gasteiger partial charge in [-0.15, -0.1) is 0 Å². The van der Waals surface area contributed by atoms with Crippen LogP contribution in [-0.2, 0) is 19.6 Å². The van der Waals surface area contributed by atoms with Gasteiger partial charge >= 0.3 is 0 Å². The van der Waals surface area contributed by atoms with E-state index in [0.717, 1.165) is 0 Å². The van der Waals surface area contributed by atoms with Gasteiger partial charge in [0.25, 0.3) is 0 Å². The SMILES string of the molecule is COCCN1C[C@H]([C@@H](C)O)[C@H]2CCC[C@@H](C1=O)N2S(=O)(=O)c1cc(Cl)cc(Cl)c1. The zero-order chi connectivity index (χ0) is 21.3. The Labute approximate surface area is 181 Å². The molecule has 2 saturated heterocycles. The summed E-state index contributed by atoms with van der Waals surface area (Å²) in [6.45, 7) is 2.61. The van der Waals surface area contributed by atoms with Gasteiger partial charge in [0.2, 0.25) is 15.9 Å². The first-order valence-corrected chi connectivity index (χ1v) is 11.8. The maximum absolute atomic E-state index is 13.6. The third-order valence-corrected chi connectivity index (χ3v) is 8.08. The molecule has 1 aromatic carbocycles. The third kappa shape index (κ3) is 4.57. The zero-order valence-corrected chi connectivity index (χ0v) is 18.8. The average Bonchev–Trinajstić information content (AvgIpc) is 2.72. The Kier molecular flexibility index (Phi) is 7.13. The predicted molar refractivity (Wildman–Crippen MR) is 111 cm³/mol. The van der Waals surface area contributed by atoms with Crippen LogP contribution in [0.3, 0.4) is 0 Å². The van der Waals surface area contributed by atoms with E-state index in [2.05, 4.69) is 0 Å². The van der Waals surface area contributed by atoms with E-state index in [4.69, 9.17) is 27.9 Å². The number of halogens is 2. The number of amides is 1. The van der Waals surface area contributed by atoms with Crippen LogP contribution in [0.15, 0.2) is 23.1 Å². The fourth-order valence-corrected chi connectivity index (χ4v) is 6.94. The largest absolute Gasteiger partial charge is 0.393 e. The number of aliphatic hydroxyl groups excluding tert-OH is 1. The molecule has 2 fully saturated rings. The number of hydrogen-bond donors (Lipinski definition) is 1. The molecule has 0 aromatic heterocycles. The van der Waals surface area contributed by atoms with Crippen LogP contribution in [-0.4, -0.2) is 73.6 Å². The molecule has 7 nitrogen and oxygen atoms in total. The molecule has 1 amide bonds. The number of aliphatic hydroxyl groups is 1. The van der Waals surface area contributed by atoms with Gasteiger partial charge in [0, 0.05) is 42.2 Å². The number of fused-ring (bicyclic) bond motifs is 2. The number of carbonyl (C=O) groups is 1. The van der Waals surface area contributed by atoms with E-state index in [-0.39, 0.29) is 27.4 Å². The van der Waals surface area contributed by atoms with E-state index in [1.165, 1.54) is 22.5 Å². The van der Waals surface area contributed by atoms with Crippen molar-refractivity contribution in [1.82, 2.24) is 9.21 Å². The topological polar surface area (TPSA) is 87.2 Å². The van der Waals surface area contributed by atoms with Crippen LogP contribution in [0, 0.1) is 5.92 Å². The van der Waals surface area contributed by atoms with Crippen molar-refractivity contribution in [3.8, 4) is 0 Å². The monoisotopic (exact) mass is 464 g/mol. The molecule has 0 aliphatic carbocycles. The summed E-state index contributed by atoms with van der Waals surface area (Å²) < 4.78 is 33.7. The second-order valence-corrected chi connectivity index (χ2v) is 10.4. The van der Waals surface area contributed by atoms with Gasteiger partial charge in [-0.25, -0.2) is 8.42 Å². The van der Waals surface area contributed by atoms with E-state index >= 15 is 0 Å². The van der Waals surface area contributed by atoms with Crippen molar-refractivity contribution in [3.63, 3.8) is 0 Å². The quantitative estimate of drug-likeness (QED) is 0.697. The molecule has 1 aromatic rings. The van der Waals surface area contributed by atoms with Gasteiger partial charge in [-0.3, -0.25) is 4.79 Å². The minimum absolute atomic E-state index is 0.0469. The van der Waals surface area contributed by atoms with Crippen LogP contribution in [0.4, 0.5) is 0 Å². The number of benzene rings is 1. The Morgan fingerprint density at radius 3 is 2.48 bits per heavy atom. The molecular weight excluding hydrogens is 439 g/mol. The molecule has 3 rings (SSSR count). The number of sulfonamides is 1. The number of methoxy groups -OCH3 is 1. The normalized spacial score (nSPS) is 27.0. The lowest BCUT2D eigenvalue weighted by molar-refractivity contribution is -0.135. The van der Waals surface area contributed by atoms with Gasteiger partial charge in [-0.1, -0.05) is 23.2 Å². The first-order valence-electron chi connectivity index (χ1n) is 9.62. The lowest BCUT2D eigenvalue weighted by Crippen LogP contribution is -2.55. The van der Waals surface area contributed by atoms with Crippen molar-refractivity contribution in [2.45, 2.75) is 49.3 Å². The number of carbonyl (C=O) groups excluding carboxylic acids is 1. The summed E-state index contributed by atoms with van der Waals surface area (Å²) in [6, 6.07) is 2.83. The van der Waals surface area contributed by atoms with Crippen LogP contribution in [0.2, 0.25) is 10.0 Å². The molecule has 10 heteroatoms. The highest BCUT2D eigenvalue weighted by molar-refractivity contribution is 7.89. The summed E-state index contributed by atoms with van der Waals surface area (Å²) in [6.07, 6.45) is 0.935.